The number of ether oxygens (including phenoxy) is 1. The highest BCUT2D eigenvalue weighted by Gasteiger charge is 2.64. The molecule has 0 unspecified atom stereocenters. The molecule has 2 heterocycles. The number of oxazole rings is 1. The van der Waals surface area contributed by atoms with E-state index in [9.17, 15) is 34.8 Å². The van der Waals surface area contributed by atoms with Gasteiger partial charge >= 0.3 is 0 Å². The van der Waals surface area contributed by atoms with Crippen molar-refractivity contribution >= 4 is 23.2 Å². The zero-order valence-electron chi connectivity index (χ0n) is 24.2. The van der Waals surface area contributed by atoms with Gasteiger partial charge in [0.25, 0.3) is 5.91 Å². The third-order valence-electron chi connectivity index (χ3n) is 9.60. The molecule has 12 nitrogen and oxygen atoms in total. The van der Waals surface area contributed by atoms with E-state index in [-0.39, 0.29) is 47.6 Å². The number of piperidine rings is 1. The summed E-state index contributed by atoms with van der Waals surface area (Å²) in [5.41, 5.74) is 3.52. The van der Waals surface area contributed by atoms with Gasteiger partial charge in [-0.15, -0.1) is 0 Å². The van der Waals surface area contributed by atoms with Gasteiger partial charge in [-0.2, -0.15) is 0 Å². The average Bonchev–Trinajstić information content (AvgIpc) is 3.46. The monoisotopic (exact) mass is 593 g/mol. The molecular formula is C31H35N3O9. The van der Waals surface area contributed by atoms with Gasteiger partial charge in [-0.05, 0) is 55.2 Å². The van der Waals surface area contributed by atoms with Crippen LogP contribution in [0.1, 0.15) is 55.8 Å². The normalized spacial score (nSPS) is 28.3. The van der Waals surface area contributed by atoms with Crippen LogP contribution in [0.15, 0.2) is 39.7 Å². The number of aromatic hydroxyl groups is 1. The van der Waals surface area contributed by atoms with Crippen molar-refractivity contribution in [2.24, 2.45) is 17.6 Å². The van der Waals surface area contributed by atoms with Crippen LogP contribution in [0.4, 0.5) is 0 Å². The maximum atomic E-state index is 14.2. The van der Waals surface area contributed by atoms with Gasteiger partial charge in [-0.1, -0.05) is 13.8 Å². The maximum Gasteiger partial charge on any atom is 0.255 e. The van der Waals surface area contributed by atoms with E-state index < -0.39 is 58.0 Å². The number of benzene rings is 1. The van der Waals surface area contributed by atoms with Gasteiger partial charge in [0.1, 0.15) is 29.1 Å². The van der Waals surface area contributed by atoms with E-state index >= 15 is 0 Å². The number of hydrogen-bond donors (Lipinski definition) is 5. The molecule has 1 amide bonds. The van der Waals surface area contributed by atoms with E-state index in [0.29, 0.717) is 37.1 Å². The molecular weight excluding hydrogens is 558 g/mol. The lowest BCUT2D eigenvalue weighted by molar-refractivity contribution is -0.156. The second-order valence-corrected chi connectivity index (χ2v) is 12.2. The molecule has 6 N–H and O–H groups in total. The van der Waals surface area contributed by atoms with Gasteiger partial charge < -0.3 is 35.3 Å². The predicted molar refractivity (Wildman–Crippen MR) is 152 cm³/mol. The third kappa shape index (κ3) is 4.22. The van der Waals surface area contributed by atoms with Crippen molar-refractivity contribution in [3.05, 3.63) is 52.1 Å². The summed E-state index contributed by atoms with van der Waals surface area (Å²) in [5, 5.41) is 45.5. The fourth-order valence-electron chi connectivity index (χ4n) is 7.33. The topological polar surface area (TPSA) is 197 Å². The van der Waals surface area contributed by atoms with Crippen molar-refractivity contribution < 1.29 is 44.0 Å². The number of ketones is 2. The Balaban J connectivity index is 1.49. The van der Waals surface area contributed by atoms with Gasteiger partial charge in [0.2, 0.25) is 11.7 Å². The second-order valence-electron chi connectivity index (χ2n) is 12.2. The van der Waals surface area contributed by atoms with E-state index in [1.54, 1.807) is 24.3 Å². The van der Waals surface area contributed by atoms with Crippen LogP contribution in [0.25, 0.3) is 17.2 Å². The first-order chi connectivity index (χ1) is 20.4. The molecule has 2 aromatic rings. The second kappa shape index (κ2) is 10.3. The van der Waals surface area contributed by atoms with Gasteiger partial charge in [0.15, 0.2) is 11.4 Å². The maximum absolute atomic E-state index is 14.2. The highest BCUT2D eigenvalue weighted by Crippen LogP contribution is 2.54. The number of phenolic OH excluding ortho intramolecular Hbond substituents is 1. The number of aliphatic hydroxyl groups excluding tert-OH is 2. The molecule has 3 aliphatic carbocycles. The van der Waals surface area contributed by atoms with Crippen molar-refractivity contribution in [1.29, 1.82) is 0 Å². The standard InChI is InChI=1S/C31H35N3O9/c1-13(2)19-12-43-30(33-19)16-4-5-20(35)22-17(16)10-14-11-18-24(34-8-6-15(42-3)7-9-34)26(37)23(29(32)40)28(39)31(18,41)27(38)21(14)25(22)36/h4-5,12-15,18,24,35-36,39,41H,6-11H2,1-3H3,(H2,32,40)/t14-,18-,24+,31-/m0/s1. The number of hydrogen-bond acceptors (Lipinski definition) is 11. The number of aromatic nitrogens is 1. The van der Waals surface area contributed by atoms with E-state index in [2.05, 4.69) is 4.98 Å². The Morgan fingerprint density at radius 3 is 2.49 bits per heavy atom. The van der Waals surface area contributed by atoms with Gasteiger partial charge in [-0.3, -0.25) is 19.3 Å². The molecule has 2 fully saturated rings. The zero-order valence-corrected chi connectivity index (χ0v) is 24.2. The number of aliphatic hydroxyl groups is 3. The molecule has 43 heavy (non-hydrogen) atoms. The average molecular weight is 594 g/mol. The van der Waals surface area contributed by atoms with Gasteiger partial charge in [-0.25, -0.2) is 4.98 Å². The van der Waals surface area contributed by atoms with Crippen LogP contribution in [0.3, 0.4) is 0 Å². The SMILES string of the molecule is COC1CCN([C@H]2C(=O)C(C(N)=O)=C(O)[C@@]3(O)C(=O)C4=C(O)c5c(O)ccc(-c6nc(C(C)C)co6)c5C[C@H]4C[C@@H]23)CC1. The van der Waals surface area contributed by atoms with E-state index in [1.165, 1.54) is 6.07 Å². The Labute approximate surface area is 247 Å². The number of Topliss-reactive ketones (excluding diaryl/α,β-unsaturated/α-hetero) is 2. The first kappa shape index (κ1) is 29.1. The summed E-state index contributed by atoms with van der Waals surface area (Å²) in [5.74, 6) is -6.47. The Morgan fingerprint density at radius 2 is 1.88 bits per heavy atom. The number of likely N-dealkylation sites (tertiary alicyclic amines) is 1. The Bertz CT molecular complexity index is 1600. The molecule has 0 spiro atoms. The highest BCUT2D eigenvalue weighted by molar-refractivity contribution is 6.24. The van der Waals surface area contributed by atoms with Crippen molar-refractivity contribution in [1.82, 2.24) is 9.88 Å². The van der Waals surface area contributed by atoms with Crippen molar-refractivity contribution in [3.8, 4) is 17.2 Å². The molecule has 1 aromatic carbocycles. The summed E-state index contributed by atoms with van der Waals surface area (Å²) in [7, 11) is 1.60. The molecule has 1 saturated carbocycles. The van der Waals surface area contributed by atoms with Crippen molar-refractivity contribution in [2.45, 2.75) is 63.2 Å². The van der Waals surface area contributed by atoms with Crippen LogP contribution >= 0.6 is 0 Å². The summed E-state index contributed by atoms with van der Waals surface area (Å²) in [6.45, 7) is 4.72. The van der Waals surface area contributed by atoms with Crippen LogP contribution in [-0.4, -0.2) is 85.7 Å². The minimum Gasteiger partial charge on any atom is -0.508 e. The summed E-state index contributed by atoms with van der Waals surface area (Å²) in [6.07, 6.45) is 2.84. The number of methoxy groups -OCH3 is 1. The number of fused-ring (bicyclic) bond motifs is 3. The molecule has 228 valence electrons. The molecule has 4 aliphatic rings. The number of rotatable bonds is 5. The highest BCUT2D eigenvalue weighted by atomic mass is 16.5. The van der Waals surface area contributed by atoms with Crippen molar-refractivity contribution in [3.63, 3.8) is 0 Å². The number of primary amides is 1. The van der Waals surface area contributed by atoms with E-state index in [4.69, 9.17) is 14.9 Å². The fourth-order valence-corrected chi connectivity index (χ4v) is 7.33. The minimum absolute atomic E-state index is 0.00730. The van der Waals surface area contributed by atoms with Crippen LogP contribution in [0, 0.1) is 11.8 Å². The van der Waals surface area contributed by atoms with Crippen molar-refractivity contribution in [2.75, 3.05) is 20.2 Å². The van der Waals surface area contributed by atoms with Gasteiger partial charge in [0, 0.05) is 37.3 Å². The number of carbonyl (C=O) groups is 3. The van der Waals surface area contributed by atoms with E-state index in [1.807, 2.05) is 13.8 Å². The number of nitrogens with two attached hydrogens (primary N) is 1. The zero-order chi connectivity index (χ0) is 31.0. The van der Waals surface area contributed by atoms with Crippen LogP contribution in [-0.2, 0) is 25.5 Å². The number of amides is 1. The Morgan fingerprint density at radius 1 is 1.19 bits per heavy atom. The molecule has 12 heteroatoms. The van der Waals surface area contributed by atoms with Crippen LogP contribution in [0.2, 0.25) is 0 Å². The molecule has 1 aliphatic heterocycles. The first-order valence-electron chi connectivity index (χ1n) is 14.5. The smallest absolute Gasteiger partial charge is 0.255 e. The predicted octanol–water partition coefficient (Wildman–Crippen LogP) is 2.29. The summed E-state index contributed by atoms with van der Waals surface area (Å²) < 4.78 is 11.2. The quantitative estimate of drug-likeness (QED) is 0.319. The number of carbonyl (C=O) groups excluding carboxylic acids is 3. The summed E-state index contributed by atoms with van der Waals surface area (Å²) in [4.78, 5) is 46.8. The van der Waals surface area contributed by atoms with E-state index in [0.717, 1.165) is 5.69 Å². The largest absolute Gasteiger partial charge is 0.508 e. The third-order valence-corrected chi connectivity index (χ3v) is 9.60. The summed E-state index contributed by atoms with van der Waals surface area (Å²) >= 11 is 0. The van der Waals surface area contributed by atoms with Gasteiger partial charge in [0.05, 0.1) is 23.4 Å². The lowest BCUT2D eigenvalue weighted by Crippen LogP contribution is -2.67. The molecule has 1 aromatic heterocycles. The lowest BCUT2D eigenvalue weighted by atomic mass is 9.57. The first-order valence-corrected chi connectivity index (χ1v) is 14.5. The van der Waals surface area contributed by atoms with Crippen LogP contribution in [0.5, 0.6) is 5.75 Å². The number of phenols is 1. The molecule has 0 bridgehead atoms. The number of nitrogens with zero attached hydrogens (tertiary/aromatic N) is 2. The molecule has 6 rings (SSSR count). The minimum atomic E-state index is -2.69. The molecule has 0 radical (unpaired) electrons. The fraction of sp³-hybridized carbons (Fsp3) is 0.484. The molecule has 4 atom stereocenters. The summed E-state index contributed by atoms with van der Waals surface area (Å²) in [6, 6.07) is 1.86. The Kier molecular flexibility index (Phi) is 6.98. The molecule has 1 saturated heterocycles. The lowest BCUT2D eigenvalue weighted by Gasteiger charge is -2.52. The van der Waals surface area contributed by atoms with Crippen LogP contribution < -0.4 is 5.73 Å². The Hall–Kier alpha value is -4.00.